The van der Waals surface area contributed by atoms with Crippen molar-refractivity contribution in [1.29, 1.82) is 0 Å². The molecule has 3 rings (SSSR count). The molecule has 1 N–H and O–H groups in total. The third-order valence-corrected chi connectivity index (χ3v) is 4.42. The molecule has 154 valence electrons. The van der Waals surface area contributed by atoms with Crippen LogP contribution in [0.2, 0.25) is 0 Å². The van der Waals surface area contributed by atoms with Crippen LogP contribution in [0.15, 0.2) is 41.9 Å². The van der Waals surface area contributed by atoms with Crippen molar-refractivity contribution >= 4 is 35.6 Å². The molecule has 2 aromatic rings. The van der Waals surface area contributed by atoms with Gasteiger partial charge in [0, 0.05) is 45.5 Å². The molecule has 1 aliphatic rings. The number of nitrogens with zero attached hydrogens (tertiary/aromatic N) is 6. The molecule has 0 saturated carbocycles. The van der Waals surface area contributed by atoms with Gasteiger partial charge in [-0.05, 0) is 18.2 Å². The lowest BCUT2D eigenvalue weighted by Crippen LogP contribution is -2.53. The number of aromatic nitrogens is 3. The summed E-state index contributed by atoms with van der Waals surface area (Å²) in [5.74, 6) is 0.777. The normalized spacial score (nSPS) is 15.4. The molecule has 0 amide bonds. The molecule has 0 aliphatic carbocycles. The van der Waals surface area contributed by atoms with E-state index in [0.717, 1.165) is 12.0 Å². The van der Waals surface area contributed by atoms with E-state index in [0.29, 0.717) is 45.0 Å². The van der Waals surface area contributed by atoms with E-state index in [1.807, 2.05) is 4.90 Å². The van der Waals surface area contributed by atoms with Gasteiger partial charge in [0.15, 0.2) is 5.96 Å². The number of benzene rings is 1. The topological polar surface area (TPSA) is 61.6 Å². The third kappa shape index (κ3) is 5.72. The molecule has 0 spiro atoms. The van der Waals surface area contributed by atoms with Gasteiger partial charge < -0.3 is 15.1 Å². The first-order valence-corrected chi connectivity index (χ1v) is 8.67. The van der Waals surface area contributed by atoms with Gasteiger partial charge in [-0.15, -0.1) is 24.0 Å². The predicted octanol–water partition coefficient (Wildman–Crippen LogP) is 2.31. The zero-order chi connectivity index (χ0) is 19.3. The third-order valence-electron chi connectivity index (χ3n) is 4.42. The fourth-order valence-electron chi connectivity index (χ4n) is 3.02. The maximum absolute atomic E-state index is 12.9. The number of nitrogens with one attached hydrogen (secondary N) is 1. The molecule has 0 bridgehead atoms. The van der Waals surface area contributed by atoms with E-state index in [1.165, 1.54) is 18.5 Å². The number of halogens is 4. The van der Waals surface area contributed by atoms with E-state index in [4.69, 9.17) is 0 Å². The van der Waals surface area contributed by atoms with Gasteiger partial charge in [-0.1, -0.05) is 6.07 Å². The van der Waals surface area contributed by atoms with Gasteiger partial charge in [-0.25, -0.2) is 4.98 Å². The molecule has 11 heteroatoms. The second kappa shape index (κ2) is 9.94. The summed E-state index contributed by atoms with van der Waals surface area (Å²) in [5.41, 5.74) is -0.0216. The molecule has 0 radical (unpaired) electrons. The molecule has 28 heavy (non-hydrogen) atoms. The van der Waals surface area contributed by atoms with Crippen LogP contribution in [0.4, 0.5) is 18.9 Å². The Kier molecular flexibility index (Phi) is 7.89. The van der Waals surface area contributed by atoms with E-state index in [1.54, 1.807) is 24.1 Å². The summed E-state index contributed by atoms with van der Waals surface area (Å²) in [5, 5.41) is 7.33. The predicted molar refractivity (Wildman–Crippen MR) is 112 cm³/mol. The maximum atomic E-state index is 12.9. The van der Waals surface area contributed by atoms with Crippen LogP contribution < -0.4 is 10.2 Å². The number of aliphatic imine (C=N–C) groups is 1. The van der Waals surface area contributed by atoms with E-state index < -0.39 is 11.7 Å². The van der Waals surface area contributed by atoms with Gasteiger partial charge in [0.1, 0.15) is 12.7 Å². The summed E-state index contributed by atoms with van der Waals surface area (Å²) in [6.07, 6.45) is -1.19. The van der Waals surface area contributed by atoms with Crippen molar-refractivity contribution in [2.24, 2.45) is 4.99 Å². The Morgan fingerprint density at radius 1 is 1.21 bits per heavy atom. The van der Waals surface area contributed by atoms with Gasteiger partial charge in [-0.2, -0.15) is 18.3 Å². The first kappa shape index (κ1) is 22.2. The lowest BCUT2D eigenvalue weighted by atomic mass is 10.1. The minimum Gasteiger partial charge on any atom is -0.368 e. The summed E-state index contributed by atoms with van der Waals surface area (Å²) in [6.45, 7) is 3.95. The van der Waals surface area contributed by atoms with Gasteiger partial charge in [-0.3, -0.25) is 9.67 Å². The van der Waals surface area contributed by atoms with Crippen LogP contribution in [-0.4, -0.2) is 65.4 Å². The molecule has 0 atom stereocenters. The highest BCUT2D eigenvalue weighted by Gasteiger charge is 2.31. The Bertz CT molecular complexity index is 756. The van der Waals surface area contributed by atoms with Crippen molar-refractivity contribution in [3.05, 3.63) is 42.5 Å². The van der Waals surface area contributed by atoms with Crippen LogP contribution in [0, 0.1) is 0 Å². The molecule has 7 nitrogen and oxygen atoms in total. The summed E-state index contributed by atoms with van der Waals surface area (Å²) in [7, 11) is 1.72. The Morgan fingerprint density at radius 2 is 1.96 bits per heavy atom. The van der Waals surface area contributed by atoms with Crippen LogP contribution in [0.1, 0.15) is 5.56 Å². The zero-order valence-electron chi connectivity index (χ0n) is 15.4. The molecule has 2 heterocycles. The number of guanidine groups is 1. The second-order valence-electron chi connectivity index (χ2n) is 6.15. The summed E-state index contributed by atoms with van der Waals surface area (Å²) < 4.78 is 40.5. The van der Waals surface area contributed by atoms with Gasteiger partial charge in [0.2, 0.25) is 0 Å². The van der Waals surface area contributed by atoms with Crippen molar-refractivity contribution in [3.8, 4) is 0 Å². The Labute approximate surface area is 178 Å². The average molecular weight is 509 g/mol. The first-order valence-electron chi connectivity index (χ1n) is 8.67. The largest absolute Gasteiger partial charge is 0.416 e. The smallest absolute Gasteiger partial charge is 0.368 e. The zero-order valence-corrected chi connectivity index (χ0v) is 17.8. The number of hydrogen-bond donors (Lipinski definition) is 1. The van der Waals surface area contributed by atoms with Gasteiger partial charge in [0.25, 0.3) is 0 Å². The van der Waals surface area contributed by atoms with E-state index in [2.05, 4.69) is 25.3 Å². The Hall–Kier alpha value is -2.05. The summed E-state index contributed by atoms with van der Waals surface area (Å²) >= 11 is 0. The summed E-state index contributed by atoms with van der Waals surface area (Å²) in [6, 6.07) is 5.48. The van der Waals surface area contributed by atoms with Crippen molar-refractivity contribution in [2.75, 3.05) is 44.7 Å². The van der Waals surface area contributed by atoms with E-state index in [-0.39, 0.29) is 24.0 Å². The van der Waals surface area contributed by atoms with Gasteiger partial charge in [0.05, 0.1) is 12.1 Å². The Balaban J connectivity index is 0.00000280. The highest BCUT2D eigenvalue weighted by atomic mass is 127. The van der Waals surface area contributed by atoms with Crippen molar-refractivity contribution in [1.82, 2.24) is 25.0 Å². The molecule has 1 aliphatic heterocycles. The fraction of sp³-hybridized carbons (Fsp3) is 0.471. The number of alkyl halides is 3. The molecule has 1 aromatic heterocycles. The number of piperazine rings is 1. The number of hydrogen-bond acceptors (Lipinski definition) is 4. The van der Waals surface area contributed by atoms with Gasteiger partial charge >= 0.3 is 6.18 Å². The van der Waals surface area contributed by atoms with Crippen LogP contribution >= 0.6 is 24.0 Å². The standard InChI is InChI=1S/C17H22F3N7.HI/c1-21-16(23-5-6-27-13-22-12-24-27)26-9-7-25(8-10-26)15-4-2-3-14(11-15)17(18,19)20;/h2-4,11-13H,5-10H2,1H3,(H,21,23);1H. The van der Waals surface area contributed by atoms with Crippen LogP contribution in [0.3, 0.4) is 0 Å². The quantitative estimate of drug-likeness (QED) is 0.390. The molecular formula is C17H23F3IN7. The van der Waals surface area contributed by atoms with E-state index in [9.17, 15) is 13.2 Å². The van der Waals surface area contributed by atoms with Crippen LogP contribution in [0.25, 0.3) is 0 Å². The van der Waals surface area contributed by atoms with Crippen molar-refractivity contribution in [3.63, 3.8) is 0 Å². The average Bonchev–Trinajstić information content (AvgIpc) is 3.18. The molecule has 1 aromatic carbocycles. The van der Waals surface area contributed by atoms with Crippen LogP contribution in [-0.2, 0) is 12.7 Å². The maximum Gasteiger partial charge on any atom is 0.416 e. The lowest BCUT2D eigenvalue weighted by molar-refractivity contribution is -0.137. The highest BCUT2D eigenvalue weighted by Crippen LogP contribution is 2.31. The Morgan fingerprint density at radius 3 is 2.57 bits per heavy atom. The molecule has 1 fully saturated rings. The van der Waals surface area contributed by atoms with Crippen molar-refractivity contribution in [2.45, 2.75) is 12.7 Å². The number of anilines is 1. The fourth-order valence-corrected chi connectivity index (χ4v) is 3.02. The minimum absolute atomic E-state index is 0. The number of rotatable bonds is 4. The monoisotopic (exact) mass is 509 g/mol. The highest BCUT2D eigenvalue weighted by molar-refractivity contribution is 14.0. The lowest BCUT2D eigenvalue weighted by Gasteiger charge is -2.37. The SMILES string of the molecule is CN=C(NCCn1cncn1)N1CCN(c2cccc(C(F)(F)F)c2)CC1.I. The first-order chi connectivity index (χ1) is 13.0. The van der Waals surface area contributed by atoms with Crippen LogP contribution in [0.5, 0.6) is 0 Å². The molecule has 1 saturated heterocycles. The molecular weight excluding hydrogens is 486 g/mol. The summed E-state index contributed by atoms with van der Waals surface area (Å²) in [4.78, 5) is 12.3. The van der Waals surface area contributed by atoms with E-state index >= 15 is 0 Å². The van der Waals surface area contributed by atoms with Crippen molar-refractivity contribution < 1.29 is 13.2 Å². The second-order valence-corrected chi connectivity index (χ2v) is 6.15. The minimum atomic E-state index is -4.33. The molecule has 0 unspecified atom stereocenters.